The SMILES string of the molecule is COC(=O)c1ccc2ccccc2c1O.O=C(O)c1ccc2ccccc2c1O. The summed E-state index contributed by atoms with van der Waals surface area (Å²) < 4.78 is 4.57. The Labute approximate surface area is 166 Å². The van der Waals surface area contributed by atoms with Gasteiger partial charge >= 0.3 is 11.9 Å². The molecule has 3 N–H and O–H groups in total. The normalized spacial score (nSPS) is 10.2. The second-order valence-corrected chi connectivity index (χ2v) is 6.16. The van der Waals surface area contributed by atoms with Crippen molar-refractivity contribution in [1.82, 2.24) is 0 Å². The second kappa shape index (κ2) is 8.31. The minimum absolute atomic E-state index is 0.0278. The van der Waals surface area contributed by atoms with Crippen LogP contribution in [-0.4, -0.2) is 34.4 Å². The lowest BCUT2D eigenvalue weighted by Crippen LogP contribution is -2.01. The van der Waals surface area contributed by atoms with Gasteiger partial charge in [-0.25, -0.2) is 9.59 Å². The maximum atomic E-state index is 11.3. The third-order valence-corrected chi connectivity index (χ3v) is 4.44. The van der Waals surface area contributed by atoms with Crippen molar-refractivity contribution in [3.63, 3.8) is 0 Å². The van der Waals surface area contributed by atoms with Gasteiger partial charge in [0.05, 0.1) is 7.11 Å². The number of carbonyl (C=O) groups is 2. The number of carboxylic acid groups (broad SMARTS) is 1. The molecule has 0 bridgehead atoms. The summed E-state index contributed by atoms with van der Waals surface area (Å²) in [5.74, 6) is -1.85. The summed E-state index contributed by atoms with van der Waals surface area (Å²) in [4.78, 5) is 22.0. The number of rotatable bonds is 2. The van der Waals surface area contributed by atoms with E-state index in [0.717, 1.165) is 10.8 Å². The molecule has 0 spiro atoms. The van der Waals surface area contributed by atoms with E-state index in [9.17, 15) is 19.8 Å². The van der Waals surface area contributed by atoms with Crippen LogP contribution in [0.25, 0.3) is 21.5 Å². The number of ether oxygens (including phenoxy) is 1. The highest BCUT2D eigenvalue weighted by Gasteiger charge is 2.13. The number of phenols is 2. The van der Waals surface area contributed by atoms with Crippen molar-refractivity contribution in [3.05, 3.63) is 83.9 Å². The van der Waals surface area contributed by atoms with Gasteiger partial charge in [-0.2, -0.15) is 0 Å². The van der Waals surface area contributed by atoms with Crippen LogP contribution in [-0.2, 0) is 4.74 Å². The molecule has 0 radical (unpaired) electrons. The zero-order chi connectivity index (χ0) is 21.0. The highest BCUT2D eigenvalue weighted by Crippen LogP contribution is 2.29. The molecule has 0 aliphatic rings. The van der Waals surface area contributed by atoms with Crippen molar-refractivity contribution in [2.24, 2.45) is 0 Å². The van der Waals surface area contributed by atoms with E-state index in [1.54, 1.807) is 36.4 Å². The number of aromatic hydroxyl groups is 2. The minimum atomic E-state index is -1.12. The molecular weight excluding hydrogens is 372 g/mol. The topological polar surface area (TPSA) is 104 Å². The molecule has 0 atom stereocenters. The molecule has 4 aromatic rings. The molecule has 0 aliphatic heterocycles. The lowest BCUT2D eigenvalue weighted by Gasteiger charge is -2.05. The smallest absolute Gasteiger partial charge is 0.341 e. The first-order valence-electron chi connectivity index (χ1n) is 8.67. The Balaban J connectivity index is 0.000000166. The van der Waals surface area contributed by atoms with Gasteiger partial charge in [-0.15, -0.1) is 0 Å². The van der Waals surface area contributed by atoms with E-state index < -0.39 is 11.9 Å². The highest BCUT2D eigenvalue weighted by molar-refractivity contribution is 6.01. The van der Waals surface area contributed by atoms with E-state index in [1.165, 1.54) is 13.2 Å². The zero-order valence-electron chi connectivity index (χ0n) is 15.5. The summed E-state index contributed by atoms with van der Waals surface area (Å²) in [5, 5.41) is 31.2. The fraction of sp³-hybridized carbons (Fsp3) is 0.0435. The Morgan fingerprint density at radius 2 is 1.14 bits per heavy atom. The molecule has 0 amide bonds. The van der Waals surface area contributed by atoms with Gasteiger partial charge in [0.1, 0.15) is 22.6 Å². The molecule has 146 valence electrons. The van der Waals surface area contributed by atoms with Crippen LogP contribution >= 0.6 is 0 Å². The number of carboxylic acids is 1. The molecule has 0 unspecified atom stereocenters. The molecule has 6 heteroatoms. The fourth-order valence-electron chi connectivity index (χ4n) is 2.96. The molecule has 0 heterocycles. The number of hydrogen-bond donors (Lipinski definition) is 3. The van der Waals surface area contributed by atoms with Crippen LogP contribution in [0.15, 0.2) is 72.8 Å². The van der Waals surface area contributed by atoms with Crippen molar-refractivity contribution in [3.8, 4) is 11.5 Å². The summed E-state index contributed by atoms with van der Waals surface area (Å²) in [6.07, 6.45) is 0. The predicted molar refractivity (Wildman–Crippen MR) is 110 cm³/mol. The molecular formula is C23H18O6. The maximum absolute atomic E-state index is 11.3. The van der Waals surface area contributed by atoms with Gasteiger partial charge in [0.25, 0.3) is 0 Å². The van der Waals surface area contributed by atoms with E-state index >= 15 is 0 Å². The summed E-state index contributed by atoms with van der Waals surface area (Å²) in [5.41, 5.74) is 0.125. The van der Waals surface area contributed by atoms with Gasteiger partial charge in [0.15, 0.2) is 0 Å². The van der Waals surface area contributed by atoms with E-state index in [-0.39, 0.29) is 22.6 Å². The molecule has 4 aromatic carbocycles. The quantitative estimate of drug-likeness (QED) is 0.433. The van der Waals surface area contributed by atoms with E-state index in [1.807, 2.05) is 30.3 Å². The molecule has 0 aromatic heterocycles. The Morgan fingerprint density at radius 3 is 1.62 bits per heavy atom. The van der Waals surface area contributed by atoms with Crippen molar-refractivity contribution < 1.29 is 29.6 Å². The molecule has 29 heavy (non-hydrogen) atoms. The average molecular weight is 390 g/mol. The standard InChI is InChI=1S/C12H10O3.C11H8O3/c1-15-12(14)10-7-6-8-4-2-3-5-9(8)11(10)13;12-10-8-4-2-1-3-7(8)5-6-9(10)11(13)14/h2-7,13H,1H3;1-6,12H,(H,13,14). The Kier molecular flexibility index (Phi) is 5.64. The van der Waals surface area contributed by atoms with Crippen molar-refractivity contribution in [2.45, 2.75) is 0 Å². The van der Waals surface area contributed by atoms with Gasteiger partial charge in [-0.3, -0.25) is 0 Å². The van der Waals surface area contributed by atoms with Gasteiger partial charge in [-0.1, -0.05) is 60.7 Å². The summed E-state index contributed by atoms with van der Waals surface area (Å²) >= 11 is 0. The minimum Gasteiger partial charge on any atom is -0.506 e. The van der Waals surface area contributed by atoms with Crippen LogP contribution in [0.3, 0.4) is 0 Å². The van der Waals surface area contributed by atoms with E-state index in [0.29, 0.717) is 10.8 Å². The van der Waals surface area contributed by atoms with E-state index in [2.05, 4.69) is 4.74 Å². The Bertz CT molecular complexity index is 1210. The number of esters is 1. The summed E-state index contributed by atoms with van der Waals surface area (Å²) in [6.45, 7) is 0. The first-order chi connectivity index (χ1) is 13.9. The zero-order valence-corrected chi connectivity index (χ0v) is 15.5. The number of phenolic OH excluding ortho intramolecular Hbond substituents is 1. The first-order valence-corrected chi connectivity index (χ1v) is 8.67. The number of methoxy groups -OCH3 is 1. The van der Waals surface area contributed by atoms with Crippen LogP contribution in [0.2, 0.25) is 0 Å². The number of hydrogen-bond acceptors (Lipinski definition) is 5. The number of carbonyl (C=O) groups excluding carboxylic acids is 1. The third-order valence-electron chi connectivity index (χ3n) is 4.44. The fourth-order valence-corrected chi connectivity index (χ4v) is 2.96. The Hall–Kier alpha value is -4.06. The molecule has 0 saturated heterocycles. The Morgan fingerprint density at radius 1 is 0.690 bits per heavy atom. The highest BCUT2D eigenvalue weighted by atomic mass is 16.5. The molecule has 6 nitrogen and oxygen atoms in total. The van der Waals surface area contributed by atoms with Crippen molar-refractivity contribution in [2.75, 3.05) is 7.11 Å². The molecule has 4 rings (SSSR count). The van der Waals surface area contributed by atoms with Crippen molar-refractivity contribution >= 4 is 33.5 Å². The summed E-state index contributed by atoms with van der Waals surface area (Å²) in [7, 11) is 1.29. The number of fused-ring (bicyclic) bond motifs is 2. The number of benzene rings is 4. The van der Waals surface area contributed by atoms with Crippen molar-refractivity contribution in [1.29, 1.82) is 0 Å². The molecule has 0 saturated carbocycles. The van der Waals surface area contributed by atoms with Crippen LogP contribution < -0.4 is 0 Å². The number of aromatic carboxylic acids is 1. The lowest BCUT2D eigenvalue weighted by molar-refractivity contribution is 0.0596. The van der Waals surface area contributed by atoms with Crippen LogP contribution in [0.5, 0.6) is 11.5 Å². The van der Waals surface area contributed by atoms with Crippen LogP contribution in [0.1, 0.15) is 20.7 Å². The van der Waals surface area contributed by atoms with Crippen LogP contribution in [0, 0.1) is 0 Å². The van der Waals surface area contributed by atoms with Gasteiger partial charge in [-0.05, 0) is 22.9 Å². The monoisotopic (exact) mass is 390 g/mol. The molecule has 0 aliphatic carbocycles. The maximum Gasteiger partial charge on any atom is 0.341 e. The third kappa shape index (κ3) is 3.96. The second-order valence-electron chi connectivity index (χ2n) is 6.16. The average Bonchev–Trinajstić information content (AvgIpc) is 2.74. The predicted octanol–water partition coefficient (Wildman–Crippen LogP) is 4.58. The first kappa shape index (κ1) is 19.7. The largest absolute Gasteiger partial charge is 0.506 e. The van der Waals surface area contributed by atoms with E-state index in [4.69, 9.17) is 5.11 Å². The van der Waals surface area contributed by atoms with Gasteiger partial charge in [0, 0.05) is 10.8 Å². The lowest BCUT2D eigenvalue weighted by atomic mass is 10.1. The van der Waals surface area contributed by atoms with Crippen LogP contribution in [0.4, 0.5) is 0 Å². The summed E-state index contributed by atoms with van der Waals surface area (Å²) in [6, 6.07) is 20.8. The van der Waals surface area contributed by atoms with Gasteiger partial charge in [0.2, 0.25) is 0 Å². The van der Waals surface area contributed by atoms with Gasteiger partial charge < -0.3 is 20.1 Å². The molecule has 0 fully saturated rings.